The first-order chi connectivity index (χ1) is 11.8. The van der Waals surface area contributed by atoms with Crippen LogP contribution in [-0.2, 0) is 13.2 Å². The summed E-state index contributed by atoms with van der Waals surface area (Å²) in [7, 11) is 1.78. The highest BCUT2D eigenvalue weighted by Gasteiger charge is 2.34. The predicted octanol–water partition coefficient (Wildman–Crippen LogP) is 3.48. The number of carbonyl (C=O) groups is 1. The van der Waals surface area contributed by atoms with Crippen molar-refractivity contribution in [1.29, 1.82) is 0 Å². The van der Waals surface area contributed by atoms with Gasteiger partial charge in [-0.25, -0.2) is 9.97 Å². The summed E-state index contributed by atoms with van der Waals surface area (Å²) in [6.45, 7) is 1.51. The molecule has 3 aromatic rings. The summed E-state index contributed by atoms with van der Waals surface area (Å²) in [4.78, 5) is 20.6. The minimum absolute atomic E-state index is 0.00947. The van der Waals surface area contributed by atoms with Crippen LogP contribution < -0.4 is 5.32 Å². The van der Waals surface area contributed by atoms with Crippen LogP contribution in [0.5, 0.6) is 0 Å². The molecule has 130 valence electrons. The van der Waals surface area contributed by atoms with Gasteiger partial charge in [0.05, 0.1) is 23.5 Å². The Balaban J connectivity index is 1.85. The van der Waals surface area contributed by atoms with E-state index in [1.54, 1.807) is 24.0 Å². The summed E-state index contributed by atoms with van der Waals surface area (Å²) in [5, 5.41) is 2.58. The van der Waals surface area contributed by atoms with Gasteiger partial charge in [-0.05, 0) is 24.6 Å². The fraction of sp³-hybridized carbons (Fsp3) is 0.235. The van der Waals surface area contributed by atoms with Crippen LogP contribution in [0.25, 0.3) is 11.2 Å². The molecule has 0 bridgehead atoms. The van der Waals surface area contributed by atoms with Crippen molar-refractivity contribution in [3.8, 4) is 0 Å². The number of fused-ring (bicyclic) bond motifs is 1. The van der Waals surface area contributed by atoms with E-state index in [-0.39, 0.29) is 11.1 Å². The van der Waals surface area contributed by atoms with Gasteiger partial charge in [0.2, 0.25) is 0 Å². The zero-order valence-electron chi connectivity index (χ0n) is 13.5. The van der Waals surface area contributed by atoms with Crippen LogP contribution >= 0.6 is 0 Å². The van der Waals surface area contributed by atoms with Crippen LogP contribution in [0.2, 0.25) is 0 Å². The van der Waals surface area contributed by atoms with Gasteiger partial charge in [-0.3, -0.25) is 4.79 Å². The summed E-state index contributed by atoms with van der Waals surface area (Å²) < 4.78 is 41.0. The Morgan fingerprint density at radius 2 is 1.96 bits per heavy atom. The summed E-state index contributed by atoms with van der Waals surface area (Å²) >= 11 is 0. The van der Waals surface area contributed by atoms with Crippen molar-refractivity contribution in [2.75, 3.05) is 0 Å². The van der Waals surface area contributed by atoms with Crippen molar-refractivity contribution in [3.05, 3.63) is 59.5 Å². The zero-order chi connectivity index (χ0) is 18.2. The number of carbonyl (C=O) groups excluding carboxylic acids is 1. The van der Waals surface area contributed by atoms with E-state index >= 15 is 0 Å². The minimum Gasteiger partial charge on any atom is -0.345 e. The maximum atomic E-state index is 13.1. The van der Waals surface area contributed by atoms with E-state index in [4.69, 9.17) is 0 Å². The SMILES string of the molecule is CC(NC(=O)c1cnc2c(c1)ncn2C)c1ccccc1C(F)(F)F. The second-order valence-corrected chi connectivity index (χ2v) is 5.70. The Kier molecular flexibility index (Phi) is 4.20. The number of rotatable bonds is 3. The van der Waals surface area contributed by atoms with Gasteiger partial charge < -0.3 is 9.88 Å². The second-order valence-electron chi connectivity index (χ2n) is 5.70. The zero-order valence-corrected chi connectivity index (χ0v) is 13.5. The van der Waals surface area contributed by atoms with Crippen LogP contribution in [0.15, 0.2) is 42.9 Å². The van der Waals surface area contributed by atoms with E-state index in [9.17, 15) is 18.0 Å². The number of nitrogens with one attached hydrogen (secondary N) is 1. The van der Waals surface area contributed by atoms with Gasteiger partial charge in [0.25, 0.3) is 5.91 Å². The highest BCUT2D eigenvalue weighted by molar-refractivity contribution is 5.96. The first-order valence-corrected chi connectivity index (χ1v) is 7.51. The number of halogens is 3. The van der Waals surface area contributed by atoms with Gasteiger partial charge >= 0.3 is 6.18 Å². The lowest BCUT2D eigenvalue weighted by Gasteiger charge is -2.19. The lowest BCUT2D eigenvalue weighted by molar-refractivity contribution is -0.138. The van der Waals surface area contributed by atoms with Gasteiger partial charge in [0.15, 0.2) is 5.65 Å². The third kappa shape index (κ3) is 3.33. The van der Waals surface area contributed by atoms with Crippen LogP contribution in [0, 0.1) is 0 Å². The number of amides is 1. The molecule has 0 aliphatic carbocycles. The number of imidazole rings is 1. The molecule has 2 heterocycles. The number of aromatic nitrogens is 3. The first kappa shape index (κ1) is 16.9. The Morgan fingerprint density at radius 3 is 2.68 bits per heavy atom. The lowest BCUT2D eigenvalue weighted by atomic mass is 10.0. The molecule has 0 saturated heterocycles. The molecule has 0 aliphatic heterocycles. The van der Waals surface area contributed by atoms with Crippen molar-refractivity contribution in [3.63, 3.8) is 0 Å². The fourth-order valence-corrected chi connectivity index (χ4v) is 2.63. The number of hydrogen-bond acceptors (Lipinski definition) is 3. The molecule has 1 N–H and O–H groups in total. The number of nitrogens with zero attached hydrogens (tertiary/aromatic N) is 3. The summed E-state index contributed by atoms with van der Waals surface area (Å²) in [5.41, 5.74) is 0.643. The molecular weight excluding hydrogens is 333 g/mol. The molecule has 1 amide bonds. The van der Waals surface area contributed by atoms with Crippen LogP contribution in [-0.4, -0.2) is 20.4 Å². The standard InChI is InChI=1S/C17H15F3N4O/c1-10(12-5-3-4-6-13(12)17(18,19)20)23-16(25)11-7-14-15(21-8-11)24(2)9-22-14/h3-10H,1-2H3,(H,23,25). The third-order valence-corrected chi connectivity index (χ3v) is 3.89. The van der Waals surface area contributed by atoms with Gasteiger partial charge in [-0.15, -0.1) is 0 Å². The maximum absolute atomic E-state index is 13.1. The average molecular weight is 348 g/mol. The van der Waals surface area contributed by atoms with E-state index in [2.05, 4.69) is 15.3 Å². The smallest absolute Gasteiger partial charge is 0.345 e. The van der Waals surface area contributed by atoms with Crippen LogP contribution in [0.1, 0.15) is 34.5 Å². The highest BCUT2D eigenvalue weighted by Crippen LogP contribution is 2.34. The molecule has 5 nitrogen and oxygen atoms in total. The fourth-order valence-electron chi connectivity index (χ4n) is 2.63. The van der Waals surface area contributed by atoms with E-state index in [0.717, 1.165) is 6.07 Å². The van der Waals surface area contributed by atoms with E-state index in [0.29, 0.717) is 11.2 Å². The Hall–Kier alpha value is -2.90. The summed E-state index contributed by atoms with van der Waals surface area (Å²) in [6.07, 6.45) is -1.53. The molecule has 8 heteroatoms. The monoisotopic (exact) mass is 348 g/mol. The molecular formula is C17H15F3N4O. The van der Waals surface area contributed by atoms with Gasteiger partial charge in [0, 0.05) is 13.2 Å². The van der Waals surface area contributed by atoms with Crippen molar-refractivity contribution >= 4 is 17.1 Å². The number of alkyl halides is 3. The highest BCUT2D eigenvalue weighted by atomic mass is 19.4. The summed E-state index contributed by atoms with van der Waals surface area (Å²) in [5.74, 6) is -0.510. The molecule has 25 heavy (non-hydrogen) atoms. The largest absolute Gasteiger partial charge is 0.416 e. The average Bonchev–Trinajstić information content (AvgIpc) is 2.94. The Bertz CT molecular complexity index is 933. The van der Waals surface area contributed by atoms with Crippen molar-refractivity contribution in [2.24, 2.45) is 7.05 Å². The number of benzene rings is 1. The summed E-state index contributed by atoms with van der Waals surface area (Å²) in [6, 6.07) is 5.92. The minimum atomic E-state index is -4.48. The van der Waals surface area contributed by atoms with E-state index < -0.39 is 23.7 Å². The molecule has 1 unspecified atom stereocenters. The van der Waals surface area contributed by atoms with E-state index in [1.807, 2.05) is 0 Å². The van der Waals surface area contributed by atoms with Crippen molar-refractivity contribution in [1.82, 2.24) is 19.9 Å². The van der Waals surface area contributed by atoms with Gasteiger partial charge in [0.1, 0.15) is 5.52 Å². The third-order valence-electron chi connectivity index (χ3n) is 3.89. The van der Waals surface area contributed by atoms with Crippen LogP contribution in [0.4, 0.5) is 13.2 Å². The molecule has 3 rings (SSSR count). The van der Waals surface area contributed by atoms with Gasteiger partial charge in [-0.1, -0.05) is 18.2 Å². The number of pyridine rings is 1. The topological polar surface area (TPSA) is 59.8 Å². The van der Waals surface area contributed by atoms with E-state index in [1.165, 1.54) is 31.3 Å². The Labute approximate surface area is 141 Å². The van der Waals surface area contributed by atoms with Crippen molar-refractivity contribution < 1.29 is 18.0 Å². The molecule has 0 radical (unpaired) electrons. The molecule has 0 fully saturated rings. The predicted molar refractivity (Wildman–Crippen MR) is 85.8 cm³/mol. The normalized spacial score (nSPS) is 13.0. The molecule has 2 aromatic heterocycles. The van der Waals surface area contributed by atoms with Crippen molar-refractivity contribution in [2.45, 2.75) is 19.1 Å². The first-order valence-electron chi connectivity index (χ1n) is 7.51. The molecule has 0 aliphatic rings. The maximum Gasteiger partial charge on any atom is 0.416 e. The van der Waals surface area contributed by atoms with Crippen LogP contribution in [0.3, 0.4) is 0 Å². The Morgan fingerprint density at radius 1 is 1.24 bits per heavy atom. The molecule has 0 saturated carbocycles. The molecule has 1 atom stereocenters. The molecule has 1 aromatic carbocycles. The quantitative estimate of drug-likeness (QED) is 0.788. The molecule has 0 spiro atoms. The second kappa shape index (κ2) is 6.19. The van der Waals surface area contributed by atoms with Gasteiger partial charge in [-0.2, -0.15) is 13.2 Å². The number of aryl methyl sites for hydroxylation is 1. The number of hydrogen-bond donors (Lipinski definition) is 1. The lowest BCUT2D eigenvalue weighted by Crippen LogP contribution is -2.28.